The number of nitrogens with one attached hydrogen (secondary N) is 2. The molecular weight excluding hydrogens is 523 g/mol. The Morgan fingerprint density at radius 3 is 2.27 bits per heavy atom. The van der Waals surface area contributed by atoms with Crippen molar-refractivity contribution in [1.82, 2.24) is 9.80 Å². The summed E-state index contributed by atoms with van der Waals surface area (Å²) in [6.45, 7) is 10.5. The molecule has 3 rings (SSSR count). The predicted octanol–water partition coefficient (Wildman–Crippen LogP) is 5.92. The molecule has 2 aromatic carbocycles. The van der Waals surface area contributed by atoms with Crippen molar-refractivity contribution in [2.24, 2.45) is 5.92 Å². The molecule has 0 spiro atoms. The highest BCUT2D eigenvalue weighted by Gasteiger charge is 2.31. The molecule has 0 unspecified atom stereocenters. The molecule has 1 aliphatic rings. The number of hydrogen-bond acceptors (Lipinski definition) is 4. The molecule has 1 heterocycles. The summed E-state index contributed by atoms with van der Waals surface area (Å²) >= 11 is 0. The maximum atomic E-state index is 13.5. The van der Waals surface area contributed by atoms with E-state index in [-0.39, 0.29) is 23.4 Å². The lowest BCUT2D eigenvalue weighted by molar-refractivity contribution is -0.137. The van der Waals surface area contributed by atoms with Gasteiger partial charge in [0.1, 0.15) is 0 Å². The molecule has 218 valence electrons. The molecule has 1 saturated heterocycles. The van der Waals surface area contributed by atoms with Gasteiger partial charge in [-0.15, -0.1) is 0 Å². The van der Waals surface area contributed by atoms with Crippen LogP contribution < -0.4 is 15.5 Å². The number of carbonyl (C=O) groups excluding carboxylic acids is 3. The van der Waals surface area contributed by atoms with Crippen molar-refractivity contribution >= 4 is 34.9 Å². The number of benzene rings is 2. The molecule has 2 N–H and O–H groups in total. The summed E-state index contributed by atoms with van der Waals surface area (Å²) in [5.41, 5.74) is 0.957. The van der Waals surface area contributed by atoms with Gasteiger partial charge in [0, 0.05) is 62.8 Å². The molecule has 1 fully saturated rings. The minimum Gasteiger partial charge on any atom is -0.369 e. The summed E-state index contributed by atoms with van der Waals surface area (Å²) in [7, 11) is 0. The fourth-order valence-corrected chi connectivity index (χ4v) is 4.66. The summed E-state index contributed by atoms with van der Waals surface area (Å²) in [4.78, 5) is 44.1. The van der Waals surface area contributed by atoms with Crippen LogP contribution in [0.25, 0.3) is 0 Å². The van der Waals surface area contributed by atoms with E-state index in [9.17, 15) is 27.6 Å². The normalized spacial score (nSPS) is 14.1. The second kappa shape index (κ2) is 13.5. The van der Waals surface area contributed by atoms with Crippen LogP contribution in [-0.4, -0.2) is 66.9 Å². The molecule has 0 aromatic heterocycles. The lowest BCUT2D eigenvalue weighted by Gasteiger charge is -2.28. The number of rotatable bonds is 8. The lowest BCUT2D eigenvalue weighted by Crippen LogP contribution is -2.38. The summed E-state index contributed by atoms with van der Waals surface area (Å²) in [6.07, 6.45) is -3.54. The van der Waals surface area contributed by atoms with Crippen molar-refractivity contribution in [2.75, 3.05) is 54.8 Å². The number of amides is 4. The third-order valence-electron chi connectivity index (χ3n) is 6.72. The molecule has 2 aromatic rings. The van der Waals surface area contributed by atoms with Gasteiger partial charge in [0.05, 0.1) is 11.1 Å². The number of nitrogens with zero attached hydrogens (tertiary/aromatic N) is 3. The van der Waals surface area contributed by atoms with Gasteiger partial charge in [-0.3, -0.25) is 9.59 Å². The third-order valence-corrected chi connectivity index (χ3v) is 6.72. The topological polar surface area (TPSA) is 85.0 Å². The Morgan fingerprint density at radius 2 is 1.62 bits per heavy atom. The van der Waals surface area contributed by atoms with E-state index in [4.69, 9.17) is 0 Å². The van der Waals surface area contributed by atoms with Crippen molar-refractivity contribution in [3.05, 3.63) is 53.6 Å². The van der Waals surface area contributed by atoms with Gasteiger partial charge >= 0.3 is 12.2 Å². The molecule has 0 saturated carbocycles. The number of carbonyl (C=O) groups is 3. The van der Waals surface area contributed by atoms with Gasteiger partial charge in [-0.05, 0) is 62.6 Å². The first-order chi connectivity index (χ1) is 18.9. The molecule has 0 aliphatic carbocycles. The Morgan fingerprint density at radius 1 is 0.925 bits per heavy atom. The highest BCUT2D eigenvalue weighted by Crippen LogP contribution is 2.31. The van der Waals surface area contributed by atoms with E-state index in [1.165, 1.54) is 12.1 Å². The second-order valence-electron chi connectivity index (χ2n) is 10.2. The van der Waals surface area contributed by atoms with Gasteiger partial charge in [0.25, 0.3) is 5.91 Å². The van der Waals surface area contributed by atoms with Crippen LogP contribution in [0.2, 0.25) is 0 Å². The van der Waals surface area contributed by atoms with E-state index < -0.39 is 17.8 Å². The van der Waals surface area contributed by atoms with Crippen molar-refractivity contribution < 1.29 is 27.6 Å². The number of hydrogen-bond donors (Lipinski definition) is 2. The Kier molecular flexibility index (Phi) is 10.4. The summed E-state index contributed by atoms with van der Waals surface area (Å²) in [5.74, 6) is -0.0774. The minimum atomic E-state index is -4.50. The monoisotopic (exact) mass is 561 g/mol. The molecule has 11 heteroatoms. The van der Waals surface area contributed by atoms with Gasteiger partial charge in [0.15, 0.2) is 0 Å². The molecule has 8 nitrogen and oxygen atoms in total. The number of halogens is 3. The summed E-state index contributed by atoms with van der Waals surface area (Å²) in [6, 6.07) is 9.36. The zero-order valence-electron chi connectivity index (χ0n) is 23.5. The van der Waals surface area contributed by atoms with Crippen LogP contribution in [0.5, 0.6) is 0 Å². The first-order valence-corrected chi connectivity index (χ1v) is 13.6. The van der Waals surface area contributed by atoms with Crippen molar-refractivity contribution in [2.45, 2.75) is 46.7 Å². The molecule has 4 amide bonds. The highest BCUT2D eigenvalue weighted by atomic mass is 19.4. The predicted molar refractivity (Wildman–Crippen MR) is 151 cm³/mol. The quantitative estimate of drug-likeness (QED) is 0.419. The SMILES string of the molecule is CCN(CC)C(=O)c1cc(NC(=O)CC(C)C)ccc1N1CCCN(C(=O)Nc2cccc(C(F)(F)F)c2)CC1. The zero-order valence-corrected chi connectivity index (χ0v) is 23.5. The lowest BCUT2D eigenvalue weighted by atomic mass is 10.1. The highest BCUT2D eigenvalue weighted by molar-refractivity contribution is 6.02. The zero-order chi connectivity index (χ0) is 29.4. The van der Waals surface area contributed by atoms with Gasteiger partial charge in [0.2, 0.25) is 5.91 Å². The molecule has 0 atom stereocenters. The van der Waals surface area contributed by atoms with Crippen molar-refractivity contribution in [1.29, 1.82) is 0 Å². The summed E-state index contributed by atoms with van der Waals surface area (Å²) in [5, 5.41) is 5.46. The largest absolute Gasteiger partial charge is 0.416 e. The first-order valence-electron chi connectivity index (χ1n) is 13.6. The third kappa shape index (κ3) is 8.12. The smallest absolute Gasteiger partial charge is 0.369 e. The molecule has 0 bridgehead atoms. The average Bonchev–Trinajstić information content (AvgIpc) is 3.15. The van der Waals surface area contributed by atoms with E-state index in [0.717, 1.165) is 12.1 Å². The van der Waals surface area contributed by atoms with Crippen LogP contribution in [0.1, 0.15) is 56.5 Å². The number of urea groups is 1. The van der Waals surface area contributed by atoms with Gasteiger partial charge in [-0.2, -0.15) is 13.2 Å². The number of alkyl halides is 3. The van der Waals surface area contributed by atoms with E-state index >= 15 is 0 Å². The van der Waals surface area contributed by atoms with Crippen LogP contribution in [0.3, 0.4) is 0 Å². The fraction of sp³-hybridized carbons (Fsp3) is 0.483. The van der Waals surface area contributed by atoms with Crippen LogP contribution in [0.4, 0.5) is 35.0 Å². The van der Waals surface area contributed by atoms with E-state index in [1.54, 1.807) is 21.9 Å². The Bertz CT molecular complexity index is 1200. The molecule has 40 heavy (non-hydrogen) atoms. The molecule has 0 radical (unpaired) electrons. The molecule has 1 aliphatic heterocycles. The van der Waals surface area contributed by atoms with Crippen LogP contribution in [-0.2, 0) is 11.0 Å². The van der Waals surface area contributed by atoms with Crippen LogP contribution >= 0.6 is 0 Å². The van der Waals surface area contributed by atoms with Gasteiger partial charge in [-0.25, -0.2) is 4.79 Å². The van der Waals surface area contributed by atoms with Gasteiger partial charge in [-0.1, -0.05) is 19.9 Å². The summed E-state index contributed by atoms with van der Waals surface area (Å²) < 4.78 is 39.2. The van der Waals surface area contributed by atoms with E-state index in [0.29, 0.717) is 69.0 Å². The maximum Gasteiger partial charge on any atom is 0.416 e. The van der Waals surface area contributed by atoms with E-state index in [2.05, 4.69) is 10.6 Å². The van der Waals surface area contributed by atoms with Crippen molar-refractivity contribution in [3.63, 3.8) is 0 Å². The van der Waals surface area contributed by atoms with E-state index in [1.807, 2.05) is 38.7 Å². The van der Waals surface area contributed by atoms with Crippen LogP contribution in [0.15, 0.2) is 42.5 Å². The Balaban J connectivity index is 1.78. The Labute approximate surface area is 233 Å². The number of anilines is 3. The molecular formula is C29H38F3N5O3. The average molecular weight is 562 g/mol. The standard InChI is InChI=1S/C29H38F3N5O3/c1-5-35(6-2)27(39)24-19-23(33-26(38)17-20(3)4)11-12-25(24)36-13-8-14-37(16-15-36)28(40)34-22-10-7-9-21(18-22)29(30,31)32/h7,9-12,18-20H,5-6,8,13-17H2,1-4H3,(H,33,38)(H,34,40). The Hall–Kier alpha value is -3.76. The van der Waals surface area contributed by atoms with Crippen molar-refractivity contribution in [3.8, 4) is 0 Å². The second-order valence-corrected chi connectivity index (χ2v) is 10.2. The first kappa shape index (κ1) is 30.8. The van der Waals surface area contributed by atoms with Crippen LogP contribution in [0, 0.1) is 5.92 Å². The fourth-order valence-electron chi connectivity index (χ4n) is 4.66. The van der Waals surface area contributed by atoms with Gasteiger partial charge < -0.3 is 25.3 Å². The minimum absolute atomic E-state index is 0.0723. The maximum absolute atomic E-state index is 13.5.